The molecule has 0 unspecified atom stereocenters. The van der Waals surface area contributed by atoms with E-state index < -0.39 is 16.8 Å². The number of pyridine rings is 2. The summed E-state index contributed by atoms with van der Waals surface area (Å²) in [5.74, 6) is 14.6. The molecule has 0 spiro atoms. The SMILES string of the molecule is CC(C)(O)C#Cc1cccc(COc2cc(-c3cnc(C4CCN(C(=O)C5CCN(C(=O)OC(C)(C)C)CC5)CC4)s3)cnc2N)c1.CC(C)(O)C#Cc1cccc(COc2cc(-c3cnc(C4CCN(C(=O)C5CCNCC5)CC4)s3)cnc2N)c1. The fourth-order valence-electron chi connectivity index (χ4n) is 10.8. The maximum absolute atomic E-state index is 13.3. The highest BCUT2D eigenvalue weighted by Gasteiger charge is 2.35. The standard InChI is InChI=1S/C36H45N5O5S.C31H37N5O3S/c1-35(2,3)46-34(43)41-17-12-27(13-18-41)33(42)40-15-10-26(11-16-40)32-39-22-30(47-32)28-20-29(31(37)38-21-28)45-23-25-8-6-7-24(19-25)9-14-36(4,5)44;1-31(2,38)11-6-21-4-3-5-22(16-21)20-39-26-17-25(18-34-28(26)32)27-19-35-29(40-27)23-9-14-36(15-10-23)30(37)24-7-12-33-13-8-24/h6-8,19-22,26-27,44H,10-13,15-18,23H2,1-5H3,(H2,37,38);3-5,16-19,23-24,33,38H,7-10,12-15,20H2,1-2H3,(H2,32,34). The number of aliphatic hydroxyl groups is 2. The van der Waals surface area contributed by atoms with Gasteiger partial charge in [0.1, 0.15) is 30.0 Å². The number of nitrogen functional groups attached to an aromatic ring is 2. The number of carbonyl (C=O) groups excluding carboxylic acids is 3. The molecule has 460 valence electrons. The Morgan fingerprint density at radius 2 is 0.989 bits per heavy atom. The van der Waals surface area contributed by atoms with Crippen molar-refractivity contribution < 1.29 is 38.8 Å². The largest absolute Gasteiger partial charge is 0.485 e. The minimum atomic E-state index is -1.06. The van der Waals surface area contributed by atoms with Crippen LogP contribution < -0.4 is 26.3 Å². The number of amides is 3. The zero-order valence-electron chi connectivity index (χ0n) is 51.1. The van der Waals surface area contributed by atoms with Gasteiger partial charge in [0.05, 0.1) is 19.8 Å². The molecule has 4 aliphatic heterocycles. The predicted molar refractivity (Wildman–Crippen MR) is 341 cm³/mol. The molecule has 0 aliphatic carbocycles. The molecule has 8 heterocycles. The molecule has 0 saturated carbocycles. The van der Waals surface area contributed by atoms with Crippen LogP contribution in [0.4, 0.5) is 16.4 Å². The second-order valence-electron chi connectivity index (χ2n) is 24.9. The van der Waals surface area contributed by atoms with Crippen LogP contribution in [-0.2, 0) is 27.5 Å². The van der Waals surface area contributed by atoms with Crippen LogP contribution in [0.2, 0.25) is 0 Å². The first-order chi connectivity index (χ1) is 41.5. The lowest BCUT2D eigenvalue weighted by Gasteiger charge is -2.37. The van der Waals surface area contributed by atoms with Crippen molar-refractivity contribution >= 4 is 52.2 Å². The highest BCUT2D eigenvalue weighted by atomic mass is 32.1. The number of likely N-dealkylation sites (tertiary alicyclic amines) is 3. The van der Waals surface area contributed by atoms with Gasteiger partial charge in [-0.2, -0.15) is 0 Å². The highest BCUT2D eigenvalue weighted by Crippen LogP contribution is 2.39. The number of ether oxygens (including phenoxy) is 3. The molecule has 4 saturated heterocycles. The van der Waals surface area contributed by atoms with Crippen molar-refractivity contribution in [3.63, 3.8) is 0 Å². The molecule has 7 N–H and O–H groups in total. The molecule has 20 heteroatoms. The average Bonchev–Trinajstić information content (AvgIpc) is 3.61. The molecule has 0 bridgehead atoms. The number of piperidine rings is 4. The molecule has 3 amide bonds. The number of anilines is 2. The monoisotopic (exact) mass is 1220 g/mol. The van der Waals surface area contributed by atoms with Gasteiger partial charge in [0, 0.05) is 110 Å². The number of aromatic nitrogens is 4. The van der Waals surface area contributed by atoms with Crippen LogP contribution in [0.5, 0.6) is 11.5 Å². The van der Waals surface area contributed by atoms with Gasteiger partial charge >= 0.3 is 6.09 Å². The summed E-state index contributed by atoms with van der Waals surface area (Å²) in [6, 6.07) is 19.2. The van der Waals surface area contributed by atoms with Crippen LogP contribution >= 0.6 is 22.7 Å². The second kappa shape index (κ2) is 28.5. The average molecular weight is 1220 g/mol. The van der Waals surface area contributed by atoms with E-state index in [0.29, 0.717) is 87.2 Å². The van der Waals surface area contributed by atoms with Crippen molar-refractivity contribution in [1.82, 2.24) is 40.0 Å². The van der Waals surface area contributed by atoms with E-state index in [1.165, 1.54) is 0 Å². The number of benzene rings is 2. The van der Waals surface area contributed by atoms with Gasteiger partial charge in [-0.05, 0) is 160 Å². The minimum absolute atomic E-state index is 0.0533. The van der Waals surface area contributed by atoms with E-state index in [0.717, 1.165) is 118 Å². The summed E-state index contributed by atoms with van der Waals surface area (Å²) < 4.78 is 17.6. The first kappa shape index (κ1) is 63.9. The van der Waals surface area contributed by atoms with Crippen molar-refractivity contribution in [1.29, 1.82) is 0 Å². The maximum atomic E-state index is 13.3. The van der Waals surface area contributed by atoms with E-state index in [2.05, 4.69) is 43.9 Å². The number of rotatable bonds is 12. The highest BCUT2D eigenvalue weighted by molar-refractivity contribution is 7.15. The number of hydrogen-bond donors (Lipinski definition) is 5. The van der Waals surface area contributed by atoms with Crippen molar-refractivity contribution in [2.75, 3.05) is 63.8 Å². The summed E-state index contributed by atoms with van der Waals surface area (Å²) in [6.45, 7) is 18.8. The molecule has 4 aliphatic rings. The number of nitrogens with one attached hydrogen (secondary N) is 1. The fraction of sp³-hybridized carbons (Fsp3) is 0.478. The van der Waals surface area contributed by atoms with E-state index in [9.17, 15) is 24.6 Å². The molecule has 6 aromatic rings. The van der Waals surface area contributed by atoms with Gasteiger partial charge in [-0.15, -0.1) is 22.7 Å². The van der Waals surface area contributed by atoms with E-state index in [-0.39, 0.29) is 29.8 Å². The van der Waals surface area contributed by atoms with Crippen LogP contribution in [-0.4, -0.2) is 132 Å². The fourth-order valence-corrected chi connectivity index (χ4v) is 12.9. The molecule has 18 nitrogen and oxygen atoms in total. The summed E-state index contributed by atoms with van der Waals surface area (Å²) in [5.41, 5.74) is 14.9. The normalized spacial score (nSPS) is 16.6. The second-order valence-corrected chi connectivity index (χ2v) is 27.0. The number of nitrogens with two attached hydrogens (primary N) is 2. The Kier molecular flexibility index (Phi) is 20.9. The van der Waals surface area contributed by atoms with Gasteiger partial charge in [0.25, 0.3) is 0 Å². The van der Waals surface area contributed by atoms with Gasteiger partial charge in [0.15, 0.2) is 23.1 Å². The number of thiazole rings is 2. The summed E-state index contributed by atoms with van der Waals surface area (Å²) >= 11 is 3.31. The van der Waals surface area contributed by atoms with Crippen LogP contribution in [0.15, 0.2) is 85.5 Å². The van der Waals surface area contributed by atoms with Gasteiger partial charge < -0.3 is 55.9 Å². The van der Waals surface area contributed by atoms with Crippen molar-refractivity contribution in [3.8, 4) is 56.1 Å². The van der Waals surface area contributed by atoms with E-state index in [1.807, 2.05) is 98.7 Å². The number of carbonyl (C=O) groups is 3. The van der Waals surface area contributed by atoms with Gasteiger partial charge in [0.2, 0.25) is 11.8 Å². The van der Waals surface area contributed by atoms with Crippen molar-refractivity contribution in [2.45, 2.75) is 142 Å². The molecule has 4 fully saturated rings. The summed E-state index contributed by atoms with van der Waals surface area (Å²) in [4.78, 5) is 64.6. The topological polar surface area (TPSA) is 245 Å². The third-order valence-corrected chi connectivity index (χ3v) is 18.0. The summed E-state index contributed by atoms with van der Waals surface area (Å²) in [5, 5.41) is 25.3. The third-order valence-electron chi connectivity index (χ3n) is 15.5. The molecular formula is C67H82N10O8S2. The number of nitrogens with zero attached hydrogens (tertiary/aromatic N) is 7. The Hall–Kier alpha value is -7.59. The number of hydrogen-bond acceptors (Lipinski definition) is 17. The van der Waals surface area contributed by atoms with Crippen LogP contribution in [0.1, 0.15) is 144 Å². The smallest absolute Gasteiger partial charge is 0.410 e. The lowest BCUT2D eigenvalue weighted by molar-refractivity contribution is -0.138. The Morgan fingerprint density at radius 3 is 1.40 bits per heavy atom. The Morgan fingerprint density at radius 1 is 0.575 bits per heavy atom. The van der Waals surface area contributed by atoms with Crippen LogP contribution in [0, 0.1) is 35.5 Å². The quantitative estimate of drug-likeness (QED) is 0.0716. The Balaban J connectivity index is 0.000000210. The molecule has 4 aromatic heterocycles. The first-order valence-electron chi connectivity index (χ1n) is 30.1. The molecule has 0 atom stereocenters. The molecular weight excluding hydrogens is 1140 g/mol. The van der Waals surface area contributed by atoms with Crippen LogP contribution in [0.25, 0.3) is 20.9 Å². The molecule has 0 radical (unpaired) electrons. The lowest BCUT2D eigenvalue weighted by Crippen LogP contribution is -2.47. The molecule has 10 rings (SSSR count). The van der Waals surface area contributed by atoms with Crippen molar-refractivity contribution in [3.05, 3.63) is 118 Å². The third kappa shape index (κ3) is 18.5. The maximum Gasteiger partial charge on any atom is 0.410 e. The predicted octanol–water partition coefficient (Wildman–Crippen LogP) is 10.0. The summed E-state index contributed by atoms with van der Waals surface area (Å²) in [6.07, 6.45) is 13.8. The van der Waals surface area contributed by atoms with Crippen molar-refractivity contribution in [2.24, 2.45) is 11.8 Å². The first-order valence-corrected chi connectivity index (χ1v) is 31.8. The van der Waals surface area contributed by atoms with Crippen LogP contribution in [0.3, 0.4) is 0 Å². The molecule has 2 aromatic carbocycles. The zero-order valence-corrected chi connectivity index (χ0v) is 52.7. The minimum Gasteiger partial charge on any atom is -0.485 e. The van der Waals surface area contributed by atoms with Gasteiger partial charge in [-0.25, -0.2) is 24.7 Å². The van der Waals surface area contributed by atoms with E-state index in [4.69, 9.17) is 35.6 Å². The van der Waals surface area contributed by atoms with E-state index in [1.54, 1.807) is 67.7 Å². The lowest BCUT2D eigenvalue weighted by atomic mass is 9.92. The summed E-state index contributed by atoms with van der Waals surface area (Å²) in [7, 11) is 0. The van der Waals surface area contributed by atoms with E-state index >= 15 is 0 Å². The zero-order chi connectivity index (χ0) is 61.9. The van der Waals surface area contributed by atoms with Gasteiger partial charge in [-0.1, -0.05) is 47.9 Å². The molecule has 87 heavy (non-hydrogen) atoms. The van der Waals surface area contributed by atoms with Gasteiger partial charge in [-0.3, -0.25) is 9.59 Å². The Labute approximate surface area is 519 Å². The Bertz CT molecular complexity index is 3480.